The maximum absolute atomic E-state index is 12.7. The van der Waals surface area contributed by atoms with Crippen LogP contribution in [-0.4, -0.2) is 55.3 Å². The molecule has 2 unspecified atom stereocenters. The number of terminal acetylenes is 1. The molecule has 1 aromatic rings. The van der Waals surface area contributed by atoms with Crippen molar-refractivity contribution in [3.8, 4) is 24.0 Å². The Kier molecular flexibility index (Phi) is 11.8. The van der Waals surface area contributed by atoms with E-state index in [4.69, 9.17) is 33.8 Å². The summed E-state index contributed by atoms with van der Waals surface area (Å²) in [5.74, 6) is -1.78. The van der Waals surface area contributed by atoms with Gasteiger partial charge in [-0.25, -0.2) is 13.9 Å². The van der Waals surface area contributed by atoms with Crippen LogP contribution in [0.15, 0.2) is 18.2 Å². The van der Waals surface area contributed by atoms with E-state index in [-0.39, 0.29) is 31.1 Å². The number of ether oxygens (including phenoxy) is 1. The third-order valence-corrected chi connectivity index (χ3v) is 6.40. The maximum atomic E-state index is 12.7. The van der Waals surface area contributed by atoms with E-state index >= 15 is 0 Å². The predicted molar refractivity (Wildman–Crippen MR) is 111 cm³/mol. The van der Waals surface area contributed by atoms with Crippen LogP contribution < -0.4 is 0 Å². The lowest BCUT2D eigenvalue weighted by Gasteiger charge is -2.24. The highest BCUT2D eigenvalue weighted by atomic mass is 31.2. The van der Waals surface area contributed by atoms with Crippen LogP contribution in [-0.2, 0) is 41.0 Å². The zero-order valence-electron chi connectivity index (χ0n) is 17.8. The van der Waals surface area contributed by atoms with Crippen LogP contribution in [0.1, 0.15) is 31.1 Å². The van der Waals surface area contributed by atoms with Crippen molar-refractivity contribution in [2.24, 2.45) is 0 Å². The van der Waals surface area contributed by atoms with E-state index in [1.54, 1.807) is 20.0 Å². The number of hydrogen-bond acceptors (Lipinski definition) is 12. The standard InChI is InChI=1S/C18H26O12P2/c1-5-25-31(22,26-6-2)29-13-15(30-32(23,27-7-3)28-8-4)12-24-18(21)16-10-9-14(19)11-17(16)20/h1,9-11,15,19-20H,6-8,12-13H2,2-4H3. The fourth-order valence-corrected chi connectivity index (χ4v) is 4.42. The Morgan fingerprint density at radius 1 is 1.00 bits per heavy atom. The summed E-state index contributed by atoms with van der Waals surface area (Å²) < 4.78 is 60.1. The van der Waals surface area contributed by atoms with Crippen molar-refractivity contribution in [1.29, 1.82) is 0 Å². The second-order valence-electron chi connectivity index (χ2n) is 5.68. The van der Waals surface area contributed by atoms with Gasteiger partial charge in [0.15, 0.2) is 0 Å². The van der Waals surface area contributed by atoms with Crippen LogP contribution in [0.25, 0.3) is 0 Å². The molecule has 0 amide bonds. The summed E-state index contributed by atoms with van der Waals surface area (Å²) in [6.45, 7) is 3.32. The van der Waals surface area contributed by atoms with Gasteiger partial charge in [0.25, 0.3) is 0 Å². The Bertz CT molecular complexity index is 871. The number of hydrogen-bond donors (Lipinski definition) is 2. The van der Waals surface area contributed by atoms with E-state index < -0.39 is 46.7 Å². The number of phenols is 2. The maximum Gasteiger partial charge on any atom is 0.538 e. The Morgan fingerprint density at radius 3 is 2.12 bits per heavy atom. The lowest BCUT2D eigenvalue weighted by atomic mass is 10.2. The van der Waals surface area contributed by atoms with Crippen molar-refractivity contribution in [2.45, 2.75) is 26.9 Å². The number of phosphoric acid groups is 2. The average Bonchev–Trinajstić information content (AvgIpc) is 2.70. The van der Waals surface area contributed by atoms with Gasteiger partial charge in [0.1, 0.15) is 35.9 Å². The summed E-state index contributed by atoms with van der Waals surface area (Å²) in [5.41, 5.74) is -0.254. The summed E-state index contributed by atoms with van der Waals surface area (Å²) in [5, 5.41) is 19.1. The lowest BCUT2D eigenvalue weighted by molar-refractivity contribution is -0.00229. The number of phosphoric ester groups is 2. The quantitative estimate of drug-likeness (QED) is 0.207. The van der Waals surface area contributed by atoms with E-state index in [0.29, 0.717) is 0 Å². The van der Waals surface area contributed by atoms with Gasteiger partial charge >= 0.3 is 21.6 Å². The number of carbonyl (C=O) groups excluding carboxylic acids is 1. The van der Waals surface area contributed by atoms with Crippen LogP contribution in [0.5, 0.6) is 11.5 Å². The SMILES string of the molecule is C#COP(=O)(OCC)OCC(COC(=O)c1ccc(O)cc1O)OP(=O)(OCC)OCC. The summed E-state index contributed by atoms with van der Waals surface area (Å²) in [4.78, 5) is 12.3. The third-order valence-electron chi connectivity index (χ3n) is 3.32. The molecule has 14 heteroatoms. The minimum Gasteiger partial charge on any atom is -0.508 e. The first kappa shape index (κ1) is 27.9. The first-order valence-electron chi connectivity index (χ1n) is 9.41. The van der Waals surface area contributed by atoms with Gasteiger partial charge in [-0.05, 0) is 32.9 Å². The molecule has 0 spiro atoms. The minimum atomic E-state index is -4.18. The van der Waals surface area contributed by atoms with Crippen molar-refractivity contribution in [2.75, 3.05) is 33.0 Å². The first-order valence-corrected chi connectivity index (χ1v) is 12.3. The fourth-order valence-electron chi connectivity index (χ4n) is 2.13. The molecule has 0 aliphatic rings. The lowest BCUT2D eigenvalue weighted by Crippen LogP contribution is -2.27. The number of phenolic OH excluding ortho intramolecular Hbond substituents is 2. The van der Waals surface area contributed by atoms with Crippen LogP contribution in [0.2, 0.25) is 0 Å². The highest BCUT2D eigenvalue weighted by Gasteiger charge is 2.35. The molecular formula is C18H26O12P2. The molecule has 2 atom stereocenters. The number of esters is 1. The Balaban J connectivity index is 2.99. The van der Waals surface area contributed by atoms with E-state index in [0.717, 1.165) is 12.1 Å². The van der Waals surface area contributed by atoms with Gasteiger partial charge < -0.3 is 19.5 Å². The molecule has 12 nitrogen and oxygen atoms in total. The molecule has 0 fully saturated rings. The highest BCUT2D eigenvalue weighted by molar-refractivity contribution is 7.49. The molecule has 0 aromatic heterocycles. The average molecular weight is 496 g/mol. The summed E-state index contributed by atoms with van der Waals surface area (Å²) in [6.07, 6.45) is 5.35. The molecule has 1 rings (SSSR count). The topological polar surface area (TPSA) is 156 Å². The third kappa shape index (κ3) is 9.18. The van der Waals surface area contributed by atoms with Gasteiger partial charge in [0.05, 0.1) is 26.4 Å². The van der Waals surface area contributed by atoms with Gasteiger partial charge in [-0.1, -0.05) is 6.42 Å². The molecule has 0 aliphatic carbocycles. The van der Waals surface area contributed by atoms with Crippen LogP contribution in [0.4, 0.5) is 0 Å². The summed E-state index contributed by atoms with van der Waals surface area (Å²) in [6, 6.07) is 3.25. The molecule has 0 heterocycles. The van der Waals surface area contributed by atoms with Crippen molar-refractivity contribution >= 4 is 21.6 Å². The largest absolute Gasteiger partial charge is 0.538 e. The predicted octanol–water partition coefficient (Wildman–Crippen LogP) is 3.59. The molecule has 0 aliphatic heterocycles. The first-order chi connectivity index (χ1) is 15.1. The Hall–Kier alpha value is -2.09. The van der Waals surface area contributed by atoms with Gasteiger partial charge in [-0.2, -0.15) is 0 Å². The molecule has 0 saturated heterocycles. The van der Waals surface area contributed by atoms with Gasteiger partial charge in [-0.3, -0.25) is 22.6 Å². The highest BCUT2D eigenvalue weighted by Crippen LogP contribution is 2.52. The molecular weight excluding hydrogens is 470 g/mol. The van der Waals surface area contributed by atoms with Crippen molar-refractivity contribution < 1.29 is 56.0 Å². The molecule has 0 radical (unpaired) electrons. The number of carbonyl (C=O) groups is 1. The van der Waals surface area contributed by atoms with Crippen LogP contribution in [0.3, 0.4) is 0 Å². The monoisotopic (exact) mass is 496 g/mol. The van der Waals surface area contributed by atoms with Crippen LogP contribution >= 0.6 is 15.6 Å². The molecule has 1 aromatic carbocycles. The van der Waals surface area contributed by atoms with Crippen LogP contribution in [0, 0.1) is 12.5 Å². The van der Waals surface area contributed by atoms with E-state index in [1.165, 1.54) is 13.0 Å². The molecule has 32 heavy (non-hydrogen) atoms. The normalized spacial score (nSPS) is 14.2. The number of benzene rings is 1. The summed E-state index contributed by atoms with van der Waals surface area (Å²) in [7, 11) is -8.29. The van der Waals surface area contributed by atoms with Crippen molar-refractivity contribution in [3.63, 3.8) is 0 Å². The zero-order valence-corrected chi connectivity index (χ0v) is 19.6. The van der Waals surface area contributed by atoms with Gasteiger partial charge in [-0.15, -0.1) is 0 Å². The van der Waals surface area contributed by atoms with Gasteiger partial charge in [0.2, 0.25) is 0 Å². The summed E-state index contributed by atoms with van der Waals surface area (Å²) >= 11 is 0. The second kappa shape index (κ2) is 13.5. The Morgan fingerprint density at radius 2 is 1.59 bits per heavy atom. The number of aromatic hydroxyl groups is 2. The second-order valence-corrected chi connectivity index (χ2v) is 8.90. The van der Waals surface area contributed by atoms with E-state index in [9.17, 15) is 24.1 Å². The van der Waals surface area contributed by atoms with Gasteiger partial charge in [0, 0.05) is 6.07 Å². The van der Waals surface area contributed by atoms with E-state index in [2.05, 4.69) is 4.52 Å². The Labute approximate surface area is 185 Å². The van der Waals surface area contributed by atoms with Crippen molar-refractivity contribution in [3.05, 3.63) is 23.8 Å². The molecule has 0 saturated carbocycles. The van der Waals surface area contributed by atoms with E-state index in [1.807, 2.05) is 0 Å². The number of rotatable bonds is 15. The molecule has 180 valence electrons. The molecule has 0 bridgehead atoms. The smallest absolute Gasteiger partial charge is 0.508 e. The zero-order chi connectivity index (χ0) is 24.2. The minimum absolute atomic E-state index is 0.0241. The molecule has 2 N–H and O–H groups in total. The van der Waals surface area contributed by atoms with Crippen molar-refractivity contribution in [1.82, 2.24) is 0 Å². The fraction of sp³-hybridized carbons (Fsp3) is 0.500.